The van der Waals surface area contributed by atoms with E-state index in [2.05, 4.69) is 17.1 Å². The van der Waals surface area contributed by atoms with Crippen LogP contribution >= 0.6 is 0 Å². The number of carbonyl (C=O) groups is 2. The molecule has 0 saturated carbocycles. The van der Waals surface area contributed by atoms with Crippen molar-refractivity contribution in [3.05, 3.63) is 65.2 Å². The van der Waals surface area contributed by atoms with Gasteiger partial charge in [-0.15, -0.1) is 0 Å². The summed E-state index contributed by atoms with van der Waals surface area (Å²) in [5.74, 6) is -0.927. The molecule has 0 radical (unpaired) electrons. The monoisotopic (exact) mass is 526 g/mol. The number of benzene rings is 2. The van der Waals surface area contributed by atoms with Crippen molar-refractivity contribution in [3.63, 3.8) is 0 Å². The lowest BCUT2D eigenvalue weighted by molar-refractivity contribution is -0.276. The third kappa shape index (κ3) is 6.78. The molecule has 2 saturated heterocycles. The van der Waals surface area contributed by atoms with E-state index in [4.69, 9.17) is 14.2 Å². The van der Waals surface area contributed by atoms with Crippen LogP contribution in [0.5, 0.6) is 0 Å². The number of esters is 1. The van der Waals surface area contributed by atoms with Gasteiger partial charge in [-0.2, -0.15) is 0 Å². The average molecular weight is 527 g/mol. The molecule has 3 N–H and O–H groups in total. The summed E-state index contributed by atoms with van der Waals surface area (Å²) in [6.07, 6.45) is -0.0101. The molecule has 2 heterocycles. The van der Waals surface area contributed by atoms with E-state index in [0.29, 0.717) is 12.2 Å². The number of likely N-dealkylation sites (tertiary alicyclic amines) is 1. The lowest BCUT2D eigenvalue weighted by Gasteiger charge is -2.43. The summed E-state index contributed by atoms with van der Waals surface area (Å²) >= 11 is 0. The summed E-state index contributed by atoms with van der Waals surface area (Å²) in [4.78, 5) is 26.0. The van der Waals surface area contributed by atoms with Gasteiger partial charge in [0.2, 0.25) is 0 Å². The summed E-state index contributed by atoms with van der Waals surface area (Å²) in [6.45, 7) is 6.59. The van der Waals surface area contributed by atoms with E-state index in [1.165, 1.54) is 13.8 Å². The molecule has 9 heteroatoms. The Morgan fingerprint density at radius 1 is 1.13 bits per heavy atom. The van der Waals surface area contributed by atoms with Crippen LogP contribution in [-0.2, 0) is 30.4 Å². The Kier molecular flexibility index (Phi) is 9.51. The Bertz CT molecular complexity index is 1090. The van der Waals surface area contributed by atoms with Crippen LogP contribution in [0.15, 0.2) is 48.5 Å². The van der Waals surface area contributed by atoms with E-state index < -0.39 is 24.3 Å². The van der Waals surface area contributed by atoms with Crippen molar-refractivity contribution < 1.29 is 34.0 Å². The van der Waals surface area contributed by atoms with Gasteiger partial charge in [-0.25, -0.2) is 0 Å². The van der Waals surface area contributed by atoms with Gasteiger partial charge in [-0.1, -0.05) is 43.3 Å². The lowest BCUT2D eigenvalue weighted by atomic mass is 9.90. The summed E-state index contributed by atoms with van der Waals surface area (Å²) in [5, 5.41) is 22.1. The fraction of sp³-hybridized carbons (Fsp3) is 0.517. The van der Waals surface area contributed by atoms with Gasteiger partial charge in [0.25, 0.3) is 5.91 Å². The summed E-state index contributed by atoms with van der Waals surface area (Å²) in [6, 6.07) is 15.1. The third-order valence-electron chi connectivity index (χ3n) is 7.39. The van der Waals surface area contributed by atoms with Gasteiger partial charge in [-0.05, 0) is 49.6 Å². The SMILES string of the molecule is CC(=O)O[C@@H](C)C(=O)Nc1cccc(C2O[C@H](CN3CCC[C@H]3CO)[C@H](C)[C@H](c3ccc(CO)cc3)O2)c1. The van der Waals surface area contributed by atoms with Crippen molar-refractivity contribution in [1.29, 1.82) is 0 Å². The van der Waals surface area contributed by atoms with Crippen LogP contribution in [0.2, 0.25) is 0 Å². The van der Waals surface area contributed by atoms with E-state index in [1.807, 2.05) is 36.4 Å². The molecule has 38 heavy (non-hydrogen) atoms. The molecule has 2 aromatic rings. The quantitative estimate of drug-likeness (QED) is 0.426. The number of nitrogens with one attached hydrogen (secondary N) is 1. The van der Waals surface area contributed by atoms with Crippen LogP contribution in [0.4, 0.5) is 5.69 Å². The normalized spacial score (nSPS) is 26.6. The highest BCUT2D eigenvalue weighted by atomic mass is 16.7. The second kappa shape index (κ2) is 12.8. The van der Waals surface area contributed by atoms with Crippen molar-refractivity contribution in [2.45, 2.75) is 70.9 Å². The molecular weight excluding hydrogens is 488 g/mol. The second-order valence-corrected chi connectivity index (χ2v) is 10.2. The van der Waals surface area contributed by atoms with Gasteiger partial charge in [-0.3, -0.25) is 14.5 Å². The summed E-state index contributed by atoms with van der Waals surface area (Å²) in [7, 11) is 0. The standard InChI is InChI=1S/C29H38N2O7/c1-18-26(15-31-13-5-8-25(31)17-33)37-29(38-27(18)22-11-9-21(16-32)10-12-22)23-6-4-7-24(14-23)30-28(35)19(2)36-20(3)34/h4,6-7,9-12,14,18-19,25-27,29,32-33H,5,8,13,15-17H2,1-3H3,(H,30,35)/t18-,19-,25-,26+,27+,29?/m0/s1. The first-order valence-corrected chi connectivity index (χ1v) is 13.2. The van der Waals surface area contributed by atoms with Gasteiger partial charge in [0.1, 0.15) is 0 Å². The molecule has 0 spiro atoms. The molecule has 4 rings (SSSR count). The third-order valence-corrected chi connectivity index (χ3v) is 7.39. The first-order chi connectivity index (χ1) is 18.3. The predicted molar refractivity (Wildman–Crippen MR) is 141 cm³/mol. The number of ether oxygens (including phenoxy) is 3. The first-order valence-electron chi connectivity index (χ1n) is 13.2. The number of nitrogens with zero attached hydrogens (tertiary/aromatic N) is 1. The van der Waals surface area contributed by atoms with E-state index >= 15 is 0 Å². The van der Waals surface area contributed by atoms with Gasteiger partial charge in [0.05, 0.1) is 25.4 Å². The molecule has 2 aromatic carbocycles. The smallest absolute Gasteiger partial charge is 0.303 e. The zero-order chi connectivity index (χ0) is 27.2. The van der Waals surface area contributed by atoms with Crippen LogP contribution in [0.25, 0.3) is 0 Å². The average Bonchev–Trinajstić information content (AvgIpc) is 3.36. The minimum absolute atomic E-state index is 0.0260. The van der Waals surface area contributed by atoms with Crippen LogP contribution in [-0.4, -0.2) is 64.9 Å². The van der Waals surface area contributed by atoms with Crippen LogP contribution in [0.1, 0.15) is 62.7 Å². The maximum absolute atomic E-state index is 12.5. The van der Waals surface area contributed by atoms with Crippen molar-refractivity contribution in [3.8, 4) is 0 Å². The van der Waals surface area contributed by atoms with Gasteiger partial charge in [0, 0.05) is 36.7 Å². The Balaban J connectivity index is 1.57. The van der Waals surface area contributed by atoms with Gasteiger partial charge >= 0.3 is 5.97 Å². The molecule has 0 bridgehead atoms. The molecule has 0 aromatic heterocycles. The minimum Gasteiger partial charge on any atom is -0.453 e. The molecule has 0 aliphatic carbocycles. The number of hydrogen-bond donors (Lipinski definition) is 3. The van der Waals surface area contributed by atoms with Crippen LogP contribution < -0.4 is 5.32 Å². The zero-order valence-electron chi connectivity index (χ0n) is 22.2. The highest BCUT2D eigenvalue weighted by Crippen LogP contribution is 2.42. The fourth-order valence-corrected chi connectivity index (χ4v) is 5.21. The molecule has 2 aliphatic rings. The molecule has 9 nitrogen and oxygen atoms in total. The molecule has 2 fully saturated rings. The molecule has 206 valence electrons. The number of carbonyl (C=O) groups excluding carboxylic acids is 2. The van der Waals surface area contributed by atoms with Gasteiger partial charge < -0.3 is 29.7 Å². The molecule has 2 aliphatic heterocycles. The zero-order valence-corrected chi connectivity index (χ0v) is 22.2. The maximum atomic E-state index is 12.5. The predicted octanol–water partition coefficient (Wildman–Crippen LogP) is 3.32. The summed E-state index contributed by atoms with van der Waals surface area (Å²) < 4.78 is 18.0. The topological polar surface area (TPSA) is 118 Å². The molecule has 1 unspecified atom stereocenters. The highest BCUT2D eigenvalue weighted by Gasteiger charge is 2.40. The van der Waals surface area contributed by atoms with E-state index in [-0.39, 0.29) is 37.4 Å². The summed E-state index contributed by atoms with van der Waals surface area (Å²) in [5.41, 5.74) is 3.11. The van der Waals surface area contributed by atoms with Crippen LogP contribution in [0.3, 0.4) is 0 Å². The Morgan fingerprint density at radius 2 is 1.89 bits per heavy atom. The Hall–Kier alpha value is -2.82. The van der Waals surface area contributed by atoms with E-state index in [1.54, 1.807) is 12.1 Å². The van der Waals surface area contributed by atoms with E-state index in [9.17, 15) is 19.8 Å². The van der Waals surface area contributed by atoms with Gasteiger partial charge in [0.15, 0.2) is 12.4 Å². The largest absolute Gasteiger partial charge is 0.453 e. The number of aliphatic hydroxyl groups is 2. The lowest BCUT2D eigenvalue weighted by Crippen LogP contribution is -2.46. The van der Waals surface area contributed by atoms with Crippen molar-refractivity contribution >= 4 is 17.6 Å². The number of hydrogen-bond acceptors (Lipinski definition) is 8. The Morgan fingerprint density at radius 3 is 2.58 bits per heavy atom. The van der Waals surface area contributed by atoms with Crippen LogP contribution in [0, 0.1) is 5.92 Å². The number of rotatable bonds is 9. The van der Waals surface area contributed by atoms with Crippen molar-refractivity contribution in [1.82, 2.24) is 4.90 Å². The first kappa shape index (κ1) is 28.2. The second-order valence-electron chi connectivity index (χ2n) is 10.2. The van der Waals surface area contributed by atoms with Crippen molar-refractivity contribution in [2.75, 3.05) is 25.0 Å². The highest BCUT2D eigenvalue weighted by molar-refractivity contribution is 5.95. The minimum atomic E-state index is -0.922. The molecule has 1 amide bonds. The fourth-order valence-electron chi connectivity index (χ4n) is 5.21. The van der Waals surface area contributed by atoms with E-state index in [0.717, 1.165) is 36.1 Å². The number of amides is 1. The maximum Gasteiger partial charge on any atom is 0.303 e. The Labute approximate surface area is 223 Å². The number of anilines is 1. The van der Waals surface area contributed by atoms with Crippen molar-refractivity contribution in [2.24, 2.45) is 5.92 Å². The molecular formula is C29H38N2O7. The number of aliphatic hydroxyl groups excluding tert-OH is 2. The molecule has 6 atom stereocenters.